The first-order valence-corrected chi connectivity index (χ1v) is 6.29. The lowest BCUT2D eigenvalue weighted by Gasteiger charge is -2.12. The third kappa shape index (κ3) is 1.92. The van der Waals surface area contributed by atoms with Crippen LogP contribution in [0, 0.1) is 20.8 Å². The maximum absolute atomic E-state index is 6.05. The Kier molecular flexibility index (Phi) is 3.13. The number of aromatic nitrogens is 1. The molecule has 0 fully saturated rings. The average molecular weight is 299 g/mol. The monoisotopic (exact) mass is 297 g/mol. The largest absolute Gasteiger partial charge is 0.317 e. The molecule has 0 N–H and O–H groups in total. The fraction of sp³-hybridized carbons (Fsp3) is 0.231. The SMILES string of the molecule is Cc1ccc(Cl)cc1-n1c(C)cc(Br)c1C. The van der Waals surface area contributed by atoms with Gasteiger partial charge in [-0.15, -0.1) is 0 Å². The van der Waals surface area contributed by atoms with Gasteiger partial charge in [0.2, 0.25) is 0 Å². The quantitative estimate of drug-likeness (QED) is 0.711. The van der Waals surface area contributed by atoms with Crippen molar-refractivity contribution in [1.29, 1.82) is 0 Å². The minimum absolute atomic E-state index is 0.768. The summed E-state index contributed by atoms with van der Waals surface area (Å²) in [5.41, 5.74) is 4.77. The van der Waals surface area contributed by atoms with Crippen LogP contribution in [0.2, 0.25) is 5.02 Å². The molecule has 84 valence electrons. The van der Waals surface area contributed by atoms with Crippen molar-refractivity contribution in [2.75, 3.05) is 0 Å². The van der Waals surface area contributed by atoms with Gasteiger partial charge >= 0.3 is 0 Å². The van der Waals surface area contributed by atoms with Gasteiger partial charge in [-0.3, -0.25) is 0 Å². The maximum Gasteiger partial charge on any atom is 0.0499 e. The van der Waals surface area contributed by atoms with E-state index in [4.69, 9.17) is 11.6 Å². The third-order valence-electron chi connectivity index (χ3n) is 2.78. The number of hydrogen-bond acceptors (Lipinski definition) is 0. The standard InChI is InChI=1S/C13H13BrClN/c1-8-4-5-11(15)7-13(8)16-9(2)6-12(14)10(16)3/h4-7H,1-3H3. The molecule has 0 aliphatic heterocycles. The van der Waals surface area contributed by atoms with E-state index in [9.17, 15) is 0 Å². The molecule has 0 aliphatic rings. The Labute approximate surface area is 109 Å². The van der Waals surface area contributed by atoms with Crippen LogP contribution in [0.5, 0.6) is 0 Å². The lowest BCUT2D eigenvalue weighted by Crippen LogP contribution is -2.01. The van der Waals surface area contributed by atoms with Crippen molar-refractivity contribution >= 4 is 27.5 Å². The molecule has 1 nitrogen and oxygen atoms in total. The van der Waals surface area contributed by atoms with Gasteiger partial charge in [-0.1, -0.05) is 17.7 Å². The summed E-state index contributed by atoms with van der Waals surface area (Å²) >= 11 is 9.61. The van der Waals surface area contributed by atoms with Crippen LogP contribution in [0.4, 0.5) is 0 Å². The Morgan fingerprint density at radius 3 is 2.38 bits per heavy atom. The second-order valence-corrected chi connectivity index (χ2v) is 5.28. The van der Waals surface area contributed by atoms with Crippen molar-refractivity contribution in [1.82, 2.24) is 4.57 Å². The molecule has 3 heteroatoms. The number of nitrogens with zero attached hydrogens (tertiary/aromatic N) is 1. The summed E-state index contributed by atoms with van der Waals surface area (Å²) in [4.78, 5) is 0. The molecular weight excluding hydrogens is 286 g/mol. The van der Waals surface area contributed by atoms with Crippen molar-refractivity contribution < 1.29 is 0 Å². The molecule has 0 spiro atoms. The number of aryl methyl sites for hydroxylation is 2. The lowest BCUT2D eigenvalue weighted by molar-refractivity contribution is 0.952. The van der Waals surface area contributed by atoms with Gasteiger partial charge in [0.1, 0.15) is 0 Å². The van der Waals surface area contributed by atoms with E-state index in [1.54, 1.807) is 0 Å². The molecular formula is C13H13BrClN. The van der Waals surface area contributed by atoms with Crippen molar-refractivity contribution in [2.24, 2.45) is 0 Å². The summed E-state index contributed by atoms with van der Waals surface area (Å²) < 4.78 is 3.34. The molecule has 0 saturated carbocycles. The number of halogens is 2. The highest BCUT2D eigenvalue weighted by molar-refractivity contribution is 9.10. The first-order valence-electron chi connectivity index (χ1n) is 5.11. The van der Waals surface area contributed by atoms with E-state index in [0.29, 0.717) is 0 Å². The highest BCUT2D eigenvalue weighted by Gasteiger charge is 2.10. The molecule has 1 aromatic heterocycles. The van der Waals surface area contributed by atoms with Gasteiger partial charge in [-0.25, -0.2) is 0 Å². The molecule has 16 heavy (non-hydrogen) atoms. The van der Waals surface area contributed by atoms with Crippen molar-refractivity contribution in [2.45, 2.75) is 20.8 Å². The predicted molar refractivity (Wildman–Crippen MR) is 72.7 cm³/mol. The van der Waals surface area contributed by atoms with Crippen LogP contribution in [-0.4, -0.2) is 4.57 Å². The Bertz CT molecular complexity index is 543. The summed E-state index contributed by atoms with van der Waals surface area (Å²) in [6.45, 7) is 6.29. The molecule has 0 aliphatic carbocycles. The van der Waals surface area contributed by atoms with Gasteiger partial charge in [0.05, 0.1) is 0 Å². The van der Waals surface area contributed by atoms with Gasteiger partial charge in [0, 0.05) is 26.6 Å². The van der Waals surface area contributed by atoms with Crippen molar-refractivity contribution in [3.63, 3.8) is 0 Å². The number of hydrogen-bond donors (Lipinski definition) is 0. The van der Waals surface area contributed by atoms with Crippen LogP contribution >= 0.6 is 27.5 Å². The van der Waals surface area contributed by atoms with Crippen LogP contribution in [0.15, 0.2) is 28.7 Å². The highest BCUT2D eigenvalue weighted by Crippen LogP contribution is 2.28. The zero-order chi connectivity index (χ0) is 11.9. The second kappa shape index (κ2) is 4.27. The van der Waals surface area contributed by atoms with E-state index >= 15 is 0 Å². The fourth-order valence-electron chi connectivity index (χ4n) is 1.92. The Morgan fingerprint density at radius 1 is 1.12 bits per heavy atom. The van der Waals surface area contributed by atoms with Crippen LogP contribution in [0.1, 0.15) is 17.0 Å². The Balaban J connectivity index is 2.71. The van der Waals surface area contributed by atoms with E-state index in [2.05, 4.69) is 47.3 Å². The highest BCUT2D eigenvalue weighted by atomic mass is 79.9. The molecule has 0 unspecified atom stereocenters. The molecule has 1 heterocycles. The summed E-state index contributed by atoms with van der Waals surface area (Å²) in [6, 6.07) is 8.09. The number of rotatable bonds is 1. The first kappa shape index (κ1) is 11.7. The molecule has 0 atom stereocenters. The summed E-state index contributed by atoms with van der Waals surface area (Å²) in [5.74, 6) is 0. The van der Waals surface area contributed by atoms with Crippen molar-refractivity contribution in [3.8, 4) is 5.69 Å². The van der Waals surface area contributed by atoms with Gasteiger partial charge in [-0.2, -0.15) is 0 Å². The normalized spacial score (nSPS) is 10.8. The zero-order valence-electron chi connectivity index (χ0n) is 9.51. The van der Waals surface area contributed by atoms with Gasteiger partial charge in [0.25, 0.3) is 0 Å². The van der Waals surface area contributed by atoms with Gasteiger partial charge in [-0.05, 0) is 60.5 Å². The summed E-state index contributed by atoms with van der Waals surface area (Å²) in [6.07, 6.45) is 0. The van der Waals surface area contributed by atoms with Crippen LogP contribution in [0.25, 0.3) is 5.69 Å². The minimum Gasteiger partial charge on any atom is -0.317 e. The summed E-state index contributed by atoms with van der Waals surface area (Å²) in [5, 5.41) is 0.768. The van der Waals surface area contributed by atoms with E-state index in [1.165, 1.54) is 17.0 Å². The maximum atomic E-state index is 6.05. The minimum atomic E-state index is 0.768. The van der Waals surface area contributed by atoms with E-state index < -0.39 is 0 Å². The van der Waals surface area contributed by atoms with Crippen LogP contribution in [0.3, 0.4) is 0 Å². The summed E-state index contributed by atoms with van der Waals surface area (Å²) in [7, 11) is 0. The third-order valence-corrected chi connectivity index (χ3v) is 3.82. The molecule has 2 rings (SSSR count). The fourth-order valence-corrected chi connectivity index (χ4v) is 2.59. The second-order valence-electron chi connectivity index (χ2n) is 3.99. The van der Waals surface area contributed by atoms with E-state index in [1.807, 2.05) is 18.2 Å². The lowest BCUT2D eigenvalue weighted by atomic mass is 10.2. The Morgan fingerprint density at radius 2 is 1.81 bits per heavy atom. The van der Waals surface area contributed by atoms with Crippen LogP contribution < -0.4 is 0 Å². The first-order chi connectivity index (χ1) is 7.50. The van der Waals surface area contributed by atoms with E-state index in [0.717, 1.165) is 15.2 Å². The predicted octanol–water partition coefficient (Wildman–Crippen LogP) is 4.82. The molecule has 1 aromatic carbocycles. The van der Waals surface area contributed by atoms with Crippen LogP contribution in [-0.2, 0) is 0 Å². The average Bonchev–Trinajstić information content (AvgIpc) is 2.46. The molecule has 2 aromatic rings. The molecule has 0 bridgehead atoms. The Hall–Kier alpha value is -0.730. The molecule has 0 amide bonds. The smallest absolute Gasteiger partial charge is 0.0499 e. The van der Waals surface area contributed by atoms with Crippen molar-refractivity contribution in [3.05, 3.63) is 50.7 Å². The molecule has 0 radical (unpaired) electrons. The van der Waals surface area contributed by atoms with Gasteiger partial charge < -0.3 is 4.57 Å². The van der Waals surface area contributed by atoms with E-state index in [-0.39, 0.29) is 0 Å². The zero-order valence-corrected chi connectivity index (χ0v) is 11.9. The number of benzene rings is 1. The molecule has 0 saturated heterocycles. The topological polar surface area (TPSA) is 4.93 Å². The van der Waals surface area contributed by atoms with Gasteiger partial charge in [0.15, 0.2) is 0 Å².